The van der Waals surface area contributed by atoms with Crippen molar-refractivity contribution in [3.63, 3.8) is 0 Å². The zero-order valence-electron chi connectivity index (χ0n) is 24.1. The fraction of sp³-hybridized carbons (Fsp3) is 0.655. The Morgan fingerprint density at radius 1 is 0.805 bits per heavy atom. The standard InChI is InChI=1S/C29H43N4O7P/c1-6-20-30-25(34)14-17-29(18-15-26(35)31-21-7-2,19-16-27(36)32-22-8-3)33-28(37)23-10-12-24(13-11-23)40-41(38,9-4)39-5/h1-3,23-24H,9-22H2,4-5H3,(H,30,34)(H,31,35)(H,32,36)(H,33,37)/t23-,24+,41?. The topological polar surface area (TPSA) is 152 Å². The van der Waals surface area contributed by atoms with Crippen molar-refractivity contribution in [1.82, 2.24) is 21.3 Å². The molecule has 0 spiro atoms. The molecule has 1 atom stereocenters. The van der Waals surface area contributed by atoms with Gasteiger partial charge in [-0.15, -0.1) is 19.3 Å². The number of hydrogen-bond acceptors (Lipinski definition) is 7. The second-order valence-electron chi connectivity index (χ2n) is 9.90. The van der Waals surface area contributed by atoms with Crippen LogP contribution in [-0.2, 0) is 32.8 Å². The Labute approximate surface area is 243 Å². The molecule has 0 saturated heterocycles. The highest BCUT2D eigenvalue weighted by molar-refractivity contribution is 7.53. The predicted octanol–water partition coefficient (Wildman–Crippen LogP) is 1.87. The number of carbonyl (C=O) groups is 4. The summed E-state index contributed by atoms with van der Waals surface area (Å²) in [5, 5.41) is 10.9. The summed E-state index contributed by atoms with van der Waals surface area (Å²) in [6.07, 6.45) is 18.3. The average molecular weight is 591 g/mol. The molecular formula is C29H43N4O7P. The monoisotopic (exact) mass is 590 g/mol. The molecule has 1 fully saturated rings. The zero-order valence-corrected chi connectivity index (χ0v) is 25.0. The second-order valence-corrected chi connectivity index (χ2v) is 12.3. The van der Waals surface area contributed by atoms with Gasteiger partial charge in [0.2, 0.25) is 23.6 Å². The van der Waals surface area contributed by atoms with Gasteiger partial charge in [-0.1, -0.05) is 24.7 Å². The summed E-state index contributed by atoms with van der Waals surface area (Å²) in [4.78, 5) is 50.8. The van der Waals surface area contributed by atoms with E-state index in [1.165, 1.54) is 7.11 Å². The molecule has 226 valence electrons. The third kappa shape index (κ3) is 13.8. The van der Waals surface area contributed by atoms with Gasteiger partial charge >= 0.3 is 7.60 Å². The van der Waals surface area contributed by atoms with Crippen LogP contribution in [0.3, 0.4) is 0 Å². The molecule has 0 heterocycles. The Kier molecular flexibility index (Phi) is 16.5. The highest BCUT2D eigenvalue weighted by atomic mass is 31.2. The van der Waals surface area contributed by atoms with Crippen LogP contribution in [-0.4, -0.2) is 68.2 Å². The highest BCUT2D eigenvalue weighted by Crippen LogP contribution is 2.50. The number of rotatable bonds is 18. The van der Waals surface area contributed by atoms with E-state index in [1.807, 2.05) is 0 Å². The Balaban J connectivity index is 3.09. The Morgan fingerprint density at radius 2 is 1.22 bits per heavy atom. The van der Waals surface area contributed by atoms with Gasteiger partial charge in [0.15, 0.2) is 0 Å². The average Bonchev–Trinajstić information content (AvgIpc) is 2.98. The van der Waals surface area contributed by atoms with E-state index in [4.69, 9.17) is 28.3 Å². The van der Waals surface area contributed by atoms with Crippen molar-refractivity contribution in [2.75, 3.05) is 32.9 Å². The van der Waals surface area contributed by atoms with E-state index in [-0.39, 0.29) is 100.0 Å². The van der Waals surface area contributed by atoms with Crippen LogP contribution in [0.2, 0.25) is 0 Å². The van der Waals surface area contributed by atoms with Gasteiger partial charge in [0, 0.05) is 44.0 Å². The molecule has 4 amide bonds. The molecule has 1 aliphatic carbocycles. The van der Waals surface area contributed by atoms with Gasteiger partial charge in [0.25, 0.3) is 0 Å². The SMILES string of the molecule is C#CCNC(=O)CCC(CCC(=O)NCC#C)(CCC(=O)NCC#C)NC(=O)[C@H]1CC[C@@H](OP(=O)(CC)OC)CC1. The van der Waals surface area contributed by atoms with Crippen LogP contribution in [0.4, 0.5) is 0 Å². The lowest BCUT2D eigenvalue weighted by Crippen LogP contribution is -2.52. The Hall–Kier alpha value is -3.29. The van der Waals surface area contributed by atoms with Crippen LogP contribution in [0.1, 0.15) is 71.1 Å². The van der Waals surface area contributed by atoms with E-state index in [0.717, 1.165) is 0 Å². The summed E-state index contributed by atoms with van der Waals surface area (Å²) in [6, 6.07) is 0. The molecule has 1 rings (SSSR count). The number of amides is 4. The van der Waals surface area contributed by atoms with Crippen LogP contribution in [0.15, 0.2) is 0 Å². The minimum Gasteiger partial charge on any atom is -0.350 e. The summed E-state index contributed by atoms with van der Waals surface area (Å²) in [7, 11) is -1.80. The second kappa shape index (κ2) is 18.9. The quantitative estimate of drug-likeness (QED) is 0.141. The number of hydrogen-bond donors (Lipinski definition) is 4. The first kappa shape index (κ1) is 35.7. The molecule has 0 aromatic carbocycles. The molecular weight excluding hydrogens is 547 g/mol. The molecule has 0 bridgehead atoms. The summed E-state index contributed by atoms with van der Waals surface area (Å²) in [5.41, 5.74) is -1.05. The molecule has 1 saturated carbocycles. The molecule has 0 radical (unpaired) electrons. The van der Waals surface area contributed by atoms with E-state index in [9.17, 15) is 23.7 Å². The van der Waals surface area contributed by atoms with Crippen LogP contribution >= 0.6 is 7.60 Å². The molecule has 1 unspecified atom stereocenters. The van der Waals surface area contributed by atoms with Crippen molar-refractivity contribution in [3.05, 3.63) is 0 Å². The van der Waals surface area contributed by atoms with Gasteiger partial charge in [0.1, 0.15) is 0 Å². The van der Waals surface area contributed by atoms with Crippen molar-refractivity contribution in [2.45, 2.75) is 82.8 Å². The number of nitrogens with one attached hydrogen (secondary N) is 4. The van der Waals surface area contributed by atoms with Crippen molar-refractivity contribution in [3.8, 4) is 37.0 Å². The van der Waals surface area contributed by atoms with Crippen molar-refractivity contribution in [1.29, 1.82) is 0 Å². The third-order valence-corrected chi connectivity index (χ3v) is 9.01. The highest BCUT2D eigenvalue weighted by Gasteiger charge is 2.37. The lowest BCUT2D eigenvalue weighted by Gasteiger charge is -2.37. The normalized spacial score (nSPS) is 17.9. The zero-order chi connectivity index (χ0) is 30.7. The third-order valence-electron chi connectivity index (χ3n) is 7.06. The minimum absolute atomic E-state index is 0.0177. The van der Waals surface area contributed by atoms with Gasteiger partial charge in [-0.25, -0.2) is 0 Å². The van der Waals surface area contributed by atoms with Crippen molar-refractivity contribution < 1.29 is 32.8 Å². The minimum atomic E-state index is -3.16. The maximum atomic E-state index is 13.6. The number of carbonyl (C=O) groups excluding carboxylic acids is 4. The molecule has 11 nitrogen and oxygen atoms in total. The van der Waals surface area contributed by atoms with Crippen molar-refractivity contribution in [2.24, 2.45) is 5.92 Å². The number of terminal acetylenes is 3. The smallest absolute Gasteiger partial charge is 0.330 e. The first-order chi connectivity index (χ1) is 19.6. The van der Waals surface area contributed by atoms with E-state index in [1.54, 1.807) is 6.92 Å². The fourth-order valence-corrected chi connectivity index (χ4v) is 5.76. The molecule has 12 heteroatoms. The Morgan fingerprint density at radius 3 is 1.56 bits per heavy atom. The molecule has 1 aliphatic rings. The van der Waals surface area contributed by atoms with Crippen molar-refractivity contribution >= 4 is 31.2 Å². The van der Waals surface area contributed by atoms with Gasteiger partial charge < -0.3 is 30.3 Å². The van der Waals surface area contributed by atoms with Gasteiger partial charge in [-0.3, -0.25) is 23.7 Å². The van der Waals surface area contributed by atoms with Gasteiger partial charge in [-0.2, -0.15) is 0 Å². The Bertz CT molecular complexity index is 973. The summed E-state index contributed by atoms with van der Waals surface area (Å²) in [6.45, 7) is 1.90. The van der Waals surface area contributed by atoms with Gasteiger partial charge in [-0.05, 0) is 44.9 Å². The largest absolute Gasteiger partial charge is 0.350 e. The molecule has 41 heavy (non-hydrogen) atoms. The summed E-state index contributed by atoms with van der Waals surface area (Å²) >= 11 is 0. The first-order valence-electron chi connectivity index (χ1n) is 13.8. The molecule has 0 aromatic heterocycles. The summed E-state index contributed by atoms with van der Waals surface area (Å²) in [5.74, 6) is 5.47. The lowest BCUT2D eigenvalue weighted by atomic mass is 9.81. The molecule has 0 aliphatic heterocycles. The lowest BCUT2D eigenvalue weighted by molar-refractivity contribution is -0.131. The molecule has 4 N–H and O–H groups in total. The van der Waals surface area contributed by atoms with E-state index >= 15 is 0 Å². The van der Waals surface area contributed by atoms with Crippen LogP contribution in [0, 0.1) is 42.9 Å². The van der Waals surface area contributed by atoms with Crippen LogP contribution in [0.25, 0.3) is 0 Å². The molecule has 0 aromatic rings. The van der Waals surface area contributed by atoms with Crippen LogP contribution in [0.5, 0.6) is 0 Å². The van der Waals surface area contributed by atoms with Gasteiger partial charge in [0.05, 0.1) is 25.7 Å². The van der Waals surface area contributed by atoms with E-state index in [0.29, 0.717) is 25.7 Å². The summed E-state index contributed by atoms with van der Waals surface area (Å²) < 4.78 is 23.3. The van der Waals surface area contributed by atoms with Crippen LogP contribution < -0.4 is 21.3 Å². The maximum Gasteiger partial charge on any atom is 0.330 e. The fourth-order valence-electron chi connectivity index (χ4n) is 4.60. The van der Waals surface area contributed by atoms with E-state index < -0.39 is 13.1 Å². The van der Waals surface area contributed by atoms with E-state index in [2.05, 4.69) is 39.0 Å². The first-order valence-corrected chi connectivity index (χ1v) is 15.5. The maximum absolute atomic E-state index is 13.6. The predicted molar refractivity (Wildman–Crippen MR) is 156 cm³/mol.